The van der Waals surface area contributed by atoms with Crippen molar-refractivity contribution >= 4 is 15.9 Å². The van der Waals surface area contributed by atoms with Crippen LogP contribution in [0, 0.1) is 11.7 Å². The lowest BCUT2D eigenvalue weighted by Gasteiger charge is -2.23. The van der Waals surface area contributed by atoms with Crippen molar-refractivity contribution in [3.8, 4) is 0 Å². The predicted molar refractivity (Wildman–Crippen MR) is 79.2 cm³/mol. The summed E-state index contributed by atoms with van der Waals surface area (Å²) < 4.78 is 14.7. The molecule has 18 heavy (non-hydrogen) atoms. The topological polar surface area (TPSA) is 12.0 Å². The molecule has 1 aromatic carbocycles. The number of hydrogen-bond donors (Lipinski definition) is 1. The molecule has 0 aromatic heterocycles. The Hall–Kier alpha value is -0.410. The van der Waals surface area contributed by atoms with Gasteiger partial charge in [0.05, 0.1) is 4.47 Å². The fourth-order valence-corrected chi connectivity index (χ4v) is 2.75. The maximum atomic E-state index is 14.1. The molecule has 0 heterocycles. The maximum Gasteiger partial charge on any atom is 0.142 e. The highest BCUT2D eigenvalue weighted by atomic mass is 79.9. The summed E-state index contributed by atoms with van der Waals surface area (Å²) in [7, 11) is 0. The molecule has 2 unspecified atom stereocenters. The third-order valence-corrected chi connectivity index (χ3v) is 3.84. The van der Waals surface area contributed by atoms with Gasteiger partial charge in [-0.1, -0.05) is 45.7 Å². The summed E-state index contributed by atoms with van der Waals surface area (Å²) in [6.45, 7) is 7.35. The molecule has 1 nitrogen and oxygen atoms in total. The number of halogens is 2. The van der Waals surface area contributed by atoms with E-state index < -0.39 is 0 Å². The zero-order valence-corrected chi connectivity index (χ0v) is 13.1. The van der Waals surface area contributed by atoms with Crippen LogP contribution < -0.4 is 5.32 Å². The van der Waals surface area contributed by atoms with E-state index in [1.54, 1.807) is 6.07 Å². The molecule has 0 aliphatic heterocycles. The summed E-state index contributed by atoms with van der Waals surface area (Å²) >= 11 is 3.26. The molecule has 102 valence electrons. The molecule has 1 N–H and O–H groups in total. The zero-order chi connectivity index (χ0) is 13.5. The number of rotatable bonds is 7. The Morgan fingerprint density at radius 1 is 1.33 bits per heavy atom. The van der Waals surface area contributed by atoms with Crippen molar-refractivity contribution in [2.24, 2.45) is 5.92 Å². The summed E-state index contributed by atoms with van der Waals surface area (Å²) in [5.74, 6) is 0.476. The van der Waals surface area contributed by atoms with Gasteiger partial charge in [0.1, 0.15) is 5.82 Å². The van der Waals surface area contributed by atoms with Crippen molar-refractivity contribution in [1.82, 2.24) is 5.32 Å². The molecular formula is C15H23BrFN. The molecule has 1 rings (SSSR count). The Morgan fingerprint density at radius 3 is 2.67 bits per heavy atom. The van der Waals surface area contributed by atoms with Crippen LogP contribution in [0.4, 0.5) is 4.39 Å². The van der Waals surface area contributed by atoms with E-state index in [9.17, 15) is 4.39 Å². The number of benzene rings is 1. The van der Waals surface area contributed by atoms with Gasteiger partial charge in [0.15, 0.2) is 0 Å². The minimum absolute atomic E-state index is 0.106. The van der Waals surface area contributed by atoms with E-state index in [2.05, 4.69) is 42.0 Å². The van der Waals surface area contributed by atoms with E-state index in [-0.39, 0.29) is 11.9 Å². The van der Waals surface area contributed by atoms with Gasteiger partial charge in [-0.15, -0.1) is 0 Å². The summed E-state index contributed by atoms with van der Waals surface area (Å²) in [4.78, 5) is 0. The maximum absolute atomic E-state index is 14.1. The Balaban J connectivity index is 2.86. The highest BCUT2D eigenvalue weighted by molar-refractivity contribution is 9.10. The van der Waals surface area contributed by atoms with Gasteiger partial charge in [0, 0.05) is 11.6 Å². The van der Waals surface area contributed by atoms with Crippen LogP contribution in [0.3, 0.4) is 0 Å². The molecule has 2 atom stereocenters. The van der Waals surface area contributed by atoms with Gasteiger partial charge >= 0.3 is 0 Å². The van der Waals surface area contributed by atoms with E-state index in [1.807, 2.05) is 12.1 Å². The van der Waals surface area contributed by atoms with E-state index >= 15 is 0 Å². The Kier molecular flexibility index (Phi) is 6.87. The second-order valence-electron chi connectivity index (χ2n) is 4.88. The van der Waals surface area contributed by atoms with Crippen molar-refractivity contribution < 1.29 is 4.39 Å². The molecule has 0 spiro atoms. The van der Waals surface area contributed by atoms with E-state index in [0.717, 1.165) is 18.5 Å². The molecule has 3 heteroatoms. The van der Waals surface area contributed by atoms with Gasteiger partial charge in [-0.25, -0.2) is 4.39 Å². The average Bonchev–Trinajstić information content (AvgIpc) is 2.32. The largest absolute Gasteiger partial charge is 0.310 e. The van der Waals surface area contributed by atoms with Crippen molar-refractivity contribution in [3.63, 3.8) is 0 Å². The number of hydrogen-bond acceptors (Lipinski definition) is 1. The minimum atomic E-state index is -0.132. The monoisotopic (exact) mass is 315 g/mol. The Labute approximate surface area is 118 Å². The second-order valence-corrected chi connectivity index (χ2v) is 5.74. The molecular weight excluding hydrogens is 293 g/mol. The smallest absolute Gasteiger partial charge is 0.142 e. The van der Waals surface area contributed by atoms with Crippen LogP contribution in [-0.2, 0) is 0 Å². The molecule has 0 aliphatic carbocycles. The first-order valence-corrected chi connectivity index (χ1v) is 7.56. The van der Waals surface area contributed by atoms with E-state index in [0.29, 0.717) is 10.4 Å². The first-order chi connectivity index (χ1) is 8.60. The molecule has 0 fully saturated rings. The van der Waals surface area contributed by atoms with Crippen molar-refractivity contribution in [2.75, 3.05) is 6.54 Å². The first-order valence-electron chi connectivity index (χ1n) is 6.77. The molecule has 0 radical (unpaired) electrons. The lowest BCUT2D eigenvalue weighted by molar-refractivity contribution is 0.386. The van der Waals surface area contributed by atoms with Crippen LogP contribution in [0.5, 0.6) is 0 Å². The van der Waals surface area contributed by atoms with Crippen LogP contribution in [0.25, 0.3) is 0 Å². The van der Waals surface area contributed by atoms with Crippen LogP contribution in [-0.4, -0.2) is 6.54 Å². The third-order valence-electron chi connectivity index (χ3n) is 3.23. The Bertz CT molecular complexity index is 368. The standard InChI is InChI=1S/C15H23BrFN/c1-4-7-11(3)10-14(18-5-2)12-8-6-9-13(16)15(12)17/h6,8-9,11,14,18H,4-5,7,10H2,1-3H3. The van der Waals surface area contributed by atoms with Crippen molar-refractivity contribution in [1.29, 1.82) is 0 Å². The van der Waals surface area contributed by atoms with Gasteiger partial charge in [-0.2, -0.15) is 0 Å². The van der Waals surface area contributed by atoms with Crippen molar-refractivity contribution in [2.45, 2.75) is 46.1 Å². The summed E-state index contributed by atoms with van der Waals surface area (Å²) in [5.41, 5.74) is 0.772. The summed E-state index contributed by atoms with van der Waals surface area (Å²) in [5, 5.41) is 3.40. The fourth-order valence-electron chi connectivity index (χ4n) is 2.37. The zero-order valence-electron chi connectivity index (χ0n) is 11.5. The SMILES string of the molecule is CCCC(C)CC(NCC)c1cccc(Br)c1F. The third kappa shape index (κ3) is 4.36. The molecule has 1 aromatic rings. The Morgan fingerprint density at radius 2 is 2.06 bits per heavy atom. The lowest BCUT2D eigenvalue weighted by Crippen LogP contribution is -2.24. The molecule has 0 aliphatic rings. The van der Waals surface area contributed by atoms with Crippen LogP contribution in [0.1, 0.15) is 51.6 Å². The van der Waals surface area contributed by atoms with Crippen LogP contribution >= 0.6 is 15.9 Å². The molecule has 0 saturated carbocycles. The lowest BCUT2D eigenvalue weighted by atomic mass is 9.92. The number of nitrogens with one attached hydrogen (secondary N) is 1. The highest BCUT2D eigenvalue weighted by Crippen LogP contribution is 2.29. The van der Waals surface area contributed by atoms with Crippen LogP contribution in [0.15, 0.2) is 22.7 Å². The fraction of sp³-hybridized carbons (Fsp3) is 0.600. The predicted octanol–water partition coefficient (Wildman–Crippen LogP) is 5.07. The average molecular weight is 316 g/mol. The molecule has 0 saturated heterocycles. The van der Waals surface area contributed by atoms with Gasteiger partial charge in [0.25, 0.3) is 0 Å². The van der Waals surface area contributed by atoms with Gasteiger partial charge in [-0.05, 0) is 40.9 Å². The summed E-state index contributed by atoms with van der Waals surface area (Å²) in [6.07, 6.45) is 3.35. The molecule has 0 bridgehead atoms. The van der Waals surface area contributed by atoms with Crippen LogP contribution in [0.2, 0.25) is 0 Å². The minimum Gasteiger partial charge on any atom is -0.310 e. The van der Waals surface area contributed by atoms with Gasteiger partial charge < -0.3 is 5.32 Å². The second kappa shape index (κ2) is 7.90. The van der Waals surface area contributed by atoms with Gasteiger partial charge in [0.2, 0.25) is 0 Å². The van der Waals surface area contributed by atoms with E-state index in [1.165, 1.54) is 12.8 Å². The normalized spacial score (nSPS) is 14.5. The van der Waals surface area contributed by atoms with Crippen molar-refractivity contribution in [3.05, 3.63) is 34.1 Å². The quantitative estimate of drug-likeness (QED) is 0.741. The summed E-state index contributed by atoms with van der Waals surface area (Å²) in [6, 6.07) is 5.63. The highest BCUT2D eigenvalue weighted by Gasteiger charge is 2.18. The van der Waals surface area contributed by atoms with E-state index in [4.69, 9.17) is 0 Å². The molecule has 0 amide bonds. The first kappa shape index (κ1) is 15.6. The van der Waals surface area contributed by atoms with Gasteiger partial charge in [-0.3, -0.25) is 0 Å².